The third-order valence-corrected chi connectivity index (χ3v) is 3.43. The van der Waals surface area contributed by atoms with Gasteiger partial charge in [0.25, 0.3) is 0 Å². The van der Waals surface area contributed by atoms with Crippen LogP contribution in [0.1, 0.15) is 24.8 Å². The van der Waals surface area contributed by atoms with Gasteiger partial charge in [-0.25, -0.2) is 4.39 Å². The average molecular weight is 248 g/mol. The number of aliphatic hydroxyl groups excluding tert-OH is 1. The third kappa shape index (κ3) is 2.99. The molecule has 1 aromatic carbocycles. The normalized spacial score (nSPS) is 19.6. The molecule has 0 saturated carbocycles. The maximum absolute atomic E-state index is 13.4. The molecule has 1 aliphatic heterocycles. The van der Waals surface area contributed by atoms with E-state index in [4.69, 9.17) is 10.4 Å². The molecule has 1 aliphatic rings. The summed E-state index contributed by atoms with van der Waals surface area (Å²) < 4.78 is 13.4. The van der Waals surface area contributed by atoms with Crippen LogP contribution in [-0.2, 0) is 0 Å². The number of hydrogen-bond acceptors (Lipinski definition) is 3. The van der Waals surface area contributed by atoms with Gasteiger partial charge in [0.05, 0.1) is 11.6 Å². The van der Waals surface area contributed by atoms with Gasteiger partial charge in [0.2, 0.25) is 0 Å². The van der Waals surface area contributed by atoms with Crippen LogP contribution in [0.5, 0.6) is 0 Å². The minimum Gasteiger partial charge on any atom is -0.396 e. The smallest absolute Gasteiger partial charge is 0.126 e. The molecule has 0 amide bonds. The topological polar surface area (TPSA) is 47.3 Å². The molecule has 1 heterocycles. The Kier molecular flexibility index (Phi) is 4.16. The fraction of sp³-hybridized carbons (Fsp3) is 0.500. The lowest BCUT2D eigenvalue weighted by atomic mass is 9.94. The average Bonchev–Trinajstić information content (AvgIpc) is 2.39. The fourth-order valence-electron chi connectivity index (χ4n) is 2.54. The Morgan fingerprint density at radius 3 is 3.00 bits per heavy atom. The summed E-state index contributed by atoms with van der Waals surface area (Å²) in [7, 11) is 0. The van der Waals surface area contributed by atoms with Crippen LogP contribution in [0.15, 0.2) is 18.2 Å². The molecule has 0 spiro atoms. The van der Waals surface area contributed by atoms with Crippen LogP contribution in [-0.4, -0.2) is 24.8 Å². The highest BCUT2D eigenvalue weighted by Crippen LogP contribution is 2.26. The highest BCUT2D eigenvalue weighted by Gasteiger charge is 2.20. The molecule has 1 N–H and O–H groups in total. The van der Waals surface area contributed by atoms with E-state index in [1.807, 2.05) is 6.07 Å². The van der Waals surface area contributed by atoms with Gasteiger partial charge in [0.15, 0.2) is 0 Å². The van der Waals surface area contributed by atoms with E-state index in [-0.39, 0.29) is 12.4 Å². The Morgan fingerprint density at radius 1 is 1.44 bits per heavy atom. The predicted octanol–water partition coefficient (Wildman–Crippen LogP) is 2.30. The van der Waals surface area contributed by atoms with Gasteiger partial charge in [0, 0.05) is 25.4 Å². The third-order valence-electron chi connectivity index (χ3n) is 3.43. The van der Waals surface area contributed by atoms with E-state index >= 15 is 0 Å². The first-order valence-corrected chi connectivity index (χ1v) is 6.29. The minimum atomic E-state index is -0.367. The first-order valence-electron chi connectivity index (χ1n) is 6.29. The van der Waals surface area contributed by atoms with Crippen LogP contribution in [0.2, 0.25) is 0 Å². The van der Waals surface area contributed by atoms with Gasteiger partial charge in [0.1, 0.15) is 5.82 Å². The van der Waals surface area contributed by atoms with Crippen molar-refractivity contribution in [1.29, 1.82) is 5.26 Å². The monoisotopic (exact) mass is 248 g/mol. The standard InChI is InChI=1S/C14H17FN2O/c15-13-6-12(9-16)7-14(8-13)17-4-1-2-11(10-17)3-5-18/h6-8,11,18H,1-5,10H2. The molecular formula is C14H17FN2O. The van der Waals surface area contributed by atoms with E-state index in [1.54, 1.807) is 6.07 Å². The molecule has 18 heavy (non-hydrogen) atoms. The van der Waals surface area contributed by atoms with Crippen LogP contribution in [0.3, 0.4) is 0 Å². The van der Waals surface area contributed by atoms with Crippen molar-refractivity contribution in [3.8, 4) is 6.07 Å². The molecule has 1 unspecified atom stereocenters. The molecule has 0 radical (unpaired) electrons. The molecular weight excluding hydrogens is 231 g/mol. The second kappa shape index (κ2) is 5.83. The summed E-state index contributed by atoms with van der Waals surface area (Å²) in [6.07, 6.45) is 2.94. The van der Waals surface area contributed by atoms with Crippen molar-refractivity contribution < 1.29 is 9.50 Å². The van der Waals surface area contributed by atoms with Crippen molar-refractivity contribution in [3.05, 3.63) is 29.6 Å². The first-order chi connectivity index (χ1) is 8.72. The fourth-order valence-corrected chi connectivity index (χ4v) is 2.54. The van der Waals surface area contributed by atoms with Crippen LogP contribution in [0, 0.1) is 23.1 Å². The summed E-state index contributed by atoms with van der Waals surface area (Å²) >= 11 is 0. The zero-order valence-electron chi connectivity index (χ0n) is 10.3. The minimum absolute atomic E-state index is 0.200. The summed E-state index contributed by atoms with van der Waals surface area (Å²) in [6.45, 7) is 1.91. The summed E-state index contributed by atoms with van der Waals surface area (Å²) in [6, 6.07) is 6.43. The van der Waals surface area contributed by atoms with Crippen molar-refractivity contribution in [2.45, 2.75) is 19.3 Å². The predicted molar refractivity (Wildman–Crippen MR) is 67.8 cm³/mol. The van der Waals surface area contributed by atoms with Crippen LogP contribution in [0.4, 0.5) is 10.1 Å². The first kappa shape index (κ1) is 12.8. The lowest BCUT2D eigenvalue weighted by Gasteiger charge is -2.34. The van der Waals surface area contributed by atoms with Gasteiger partial charge < -0.3 is 10.0 Å². The number of benzene rings is 1. The van der Waals surface area contributed by atoms with Gasteiger partial charge in [-0.15, -0.1) is 0 Å². The Bertz CT molecular complexity index is 454. The molecule has 0 aliphatic carbocycles. The lowest BCUT2D eigenvalue weighted by Crippen LogP contribution is -2.35. The number of piperidine rings is 1. The van der Waals surface area contributed by atoms with Crippen molar-refractivity contribution in [2.24, 2.45) is 5.92 Å². The summed E-state index contributed by atoms with van der Waals surface area (Å²) in [5.41, 5.74) is 1.13. The van der Waals surface area contributed by atoms with Gasteiger partial charge in [-0.3, -0.25) is 0 Å². The molecule has 3 nitrogen and oxygen atoms in total. The largest absolute Gasteiger partial charge is 0.396 e. The molecule has 1 atom stereocenters. The number of halogens is 1. The Balaban J connectivity index is 2.15. The van der Waals surface area contributed by atoms with Gasteiger partial charge in [-0.1, -0.05) is 0 Å². The maximum Gasteiger partial charge on any atom is 0.126 e. The zero-order chi connectivity index (χ0) is 13.0. The molecule has 4 heteroatoms. The van der Waals surface area contributed by atoms with E-state index in [2.05, 4.69) is 4.90 Å². The maximum atomic E-state index is 13.4. The number of rotatable bonds is 3. The van der Waals surface area contributed by atoms with Crippen molar-refractivity contribution in [1.82, 2.24) is 0 Å². The highest BCUT2D eigenvalue weighted by molar-refractivity contribution is 5.52. The summed E-state index contributed by atoms with van der Waals surface area (Å²) in [5.74, 6) is 0.0888. The van der Waals surface area contributed by atoms with Gasteiger partial charge in [-0.2, -0.15) is 5.26 Å². The number of aliphatic hydroxyl groups is 1. The Hall–Kier alpha value is -1.60. The Labute approximate surface area is 106 Å². The van der Waals surface area contributed by atoms with E-state index in [0.29, 0.717) is 11.5 Å². The second-order valence-electron chi connectivity index (χ2n) is 4.78. The van der Waals surface area contributed by atoms with E-state index in [9.17, 15) is 4.39 Å². The molecule has 2 rings (SSSR count). The van der Waals surface area contributed by atoms with Crippen molar-refractivity contribution in [3.63, 3.8) is 0 Å². The Morgan fingerprint density at radius 2 is 2.28 bits per heavy atom. The number of nitriles is 1. The zero-order valence-corrected chi connectivity index (χ0v) is 10.3. The van der Waals surface area contributed by atoms with Crippen LogP contribution < -0.4 is 4.90 Å². The summed E-state index contributed by atoms with van der Waals surface area (Å²) in [5, 5.41) is 17.8. The van der Waals surface area contributed by atoms with Crippen LogP contribution in [0.25, 0.3) is 0 Å². The molecule has 1 aromatic rings. The molecule has 0 bridgehead atoms. The number of anilines is 1. The van der Waals surface area contributed by atoms with Crippen molar-refractivity contribution in [2.75, 3.05) is 24.6 Å². The SMILES string of the molecule is N#Cc1cc(F)cc(N2CCCC(CCO)C2)c1. The van der Waals surface area contributed by atoms with Crippen LogP contribution >= 0.6 is 0 Å². The number of nitrogens with zero attached hydrogens (tertiary/aromatic N) is 2. The van der Waals surface area contributed by atoms with Gasteiger partial charge >= 0.3 is 0 Å². The summed E-state index contributed by atoms with van der Waals surface area (Å²) in [4.78, 5) is 2.10. The van der Waals surface area contributed by atoms with Gasteiger partial charge in [-0.05, 0) is 43.4 Å². The quantitative estimate of drug-likeness (QED) is 0.892. The lowest BCUT2D eigenvalue weighted by molar-refractivity contribution is 0.244. The molecule has 1 saturated heterocycles. The molecule has 0 aromatic heterocycles. The molecule has 96 valence electrons. The van der Waals surface area contributed by atoms with E-state index in [0.717, 1.165) is 38.0 Å². The molecule has 1 fully saturated rings. The van der Waals surface area contributed by atoms with E-state index in [1.165, 1.54) is 12.1 Å². The van der Waals surface area contributed by atoms with Crippen molar-refractivity contribution >= 4 is 5.69 Å². The second-order valence-corrected chi connectivity index (χ2v) is 4.78. The highest BCUT2D eigenvalue weighted by atomic mass is 19.1. The van der Waals surface area contributed by atoms with E-state index < -0.39 is 0 Å². The number of hydrogen-bond donors (Lipinski definition) is 1.